The van der Waals surface area contributed by atoms with Crippen molar-refractivity contribution in [2.75, 3.05) is 0 Å². The molecule has 5 nitrogen and oxygen atoms in total. The highest BCUT2D eigenvalue weighted by Crippen LogP contribution is 2.28. The summed E-state index contributed by atoms with van der Waals surface area (Å²) in [6.45, 7) is 4.39. The number of carbonyl (C=O) groups is 2. The van der Waals surface area contributed by atoms with Crippen LogP contribution in [-0.4, -0.2) is 28.1 Å². The Morgan fingerprint density at radius 3 is 2.60 bits per heavy atom. The topological polar surface area (TPSA) is 71.1 Å². The summed E-state index contributed by atoms with van der Waals surface area (Å²) in [6, 6.07) is 17.8. The second kappa shape index (κ2) is 8.88. The molecule has 6 heteroatoms. The van der Waals surface area contributed by atoms with Crippen LogP contribution < -0.4 is 10.6 Å². The van der Waals surface area contributed by atoms with E-state index in [1.54, 1.807) is 6.07 Å². The third kappa shape index (κ3) is 5.00. The average molecular weight is 420 g/mol. The number of amides is 2. The summed E-state index contributed by atoms with van der Waals surface area (Å²) in [4.78, 5) is 30.0. The number of aryl methyl sites for hydroxylation is 1. The molecule has 1 saturated carbocycles. The second-order valence-corrected chi connectivity index (χ2v) is 9.10. The van der Waals surface area contributed by atoms with Crippen molar-refractivity contribution in [1.82, 2.24) is 15.6 Å². The number of para-hydroxylation sites is 1. The van der Waals surface area contributed by atoms with Gasteiger partial charge >= 0.3 is 0 Å². The molecule has 1 atom stereocenters. The predicted molar refractivity (Wildman–Crippen MR) is 121 cm³/mol. The SMILES string of the molecule is Cc1ccc(CNC(=O)C(C)Sc2cc(C(=O)NC3CC3)c3ccccc3n2)cc1. The fraction of sp³-hybridized carbons (Fsp3) is 0.292. The highest BCUT2D eigenvalue weighted by Gasteiger charge is 2.25. The highest BCUT2D eigenvalue weighted by atomic mass is 32.2. The number of carbonyl (C=O) groups excluding carboxylic acids is 2. The normalized spacial score (nSPS) is 14.3. The van der Waals surface area contributed by atoms with Crippen molar-refractivity contribution in [3.8, 4) is 0 Å². The molecule has 2 N–H and O–H groups in total. The van der Waals surface area contributed by atoms with Crippen molar-refractivity contribution in [1.29, 1.82) is 0 Å². The number of nitrogens with one attached hydrogen (secondary N) is 2. The largest absolute Gasteiger partial charge is 0.351 e. The first-order chi connectivity index (χ1) is 14.5. The number of hydrogen-bond donors (Lipinski definition) is 2. The molecule has 154 valence electrons. The maximum atomic E-state index is 12.7. The number of aromatic nitrogens is 1. The van der Waals surface area contributed by atoms with Crippen LogP contribution in [-0.2, 0) is 11.3 Å². The molecule has 1 fully saturated rings. The fourth-order valence-corrected chi connectivity index (χ4v) is 4.05. The average Bonchev–Trinajstić information content (AvgIpc) is 3.56. The number of fused-ring (bicyclic) bond motifs is 1. The summed E-state index contributed by atoms with van der Waals surface area (Å²) in [6.07, 6.45) is 2.07. The summed E-state index contributed by atoms with van der Waals surface area (Å²) in [5.41, 5.74) is 3.63. The molecule has 1 unspecified atom stereocenters. The molecule has 3 aromatic rings. The van der Waals surface area contributed by atoms with Crippen LogP contribution in [0.5, 0.6) is 0 Å². The molecule has 0 saturated heterocycles. The smallest absolute Gasteiger partial charge is 0.252 e. The maximum Gasteiger partial charge on any atom is 0.252 e. The summed E-state index contributed by atoms with van der Waals surface area (Å²) in [5.74, 6) is -0.131. The van der Waals surface area contributed by atoms with Crippen molar-refractivity contribution >= 4 is 34.5 Å². The minimum atomic E-state index is -0.330. The lowest BCUT2D eigenvalue weighted by Crippen LogP contribution is -2.30. The van der Waals surface area contributed by atoms with E-state index in [4.69, 9.17) is 0 Å². The number of nitrogens with zero attached hydrogens (tertiary/aromatic N) is 1. The first-order valence-electron chi connectivity index (χ1n) is 10.2. The van der Waals surface area contributed by atoms with E-state index in [9.17, 15) is 9.59 Å². The van der Waals surface area contributed by atoms with Gasteiger partial charge in [0.15, 0.2) is 0 Å². The van der Waals surface area contributed by atoms with E-state index < -0.39 is 0 Å². The monoisotopic (exact) mass is 419 g/mol. The molecule has 1 aromatic heterocycles. The van der Waals surface area contributed by atoms with Crippen LogP contribution >= 0.6 is 11.8 Å². The standard InChI is InChI=1S/C24H25N3O2S/c1-15-7-9-17(10-8-15)14-25-23(28)16(2)30-22-13-20(24(29)26-18-11-12-18)19-5-3-4-6-21(19)27-22/h3-10,13,16,18H,11-12,14H2,1-2H3,(H,25,28)(H,26,29). The lowest BCUT2D eigenvalue weighted by atomic mass is 10.1. The number of hydrogen-bond acceptors (Lipinski definition) is 4. The first-order valence-corrected chi connectivity index (χ1v) is 11.1. The number of pyridine rings is 1. The van der Waals surface area contributed by atoms with E-state index in [1.165, 1.54) is 17.3 Å². The zero-order chi connectivity index (χ0) is 21.1. The van der Waals surface area contributed by atoms with E-state index in [0.717, 1.165) is 29.3 Å². The van der Waals surface area contributed by atoms with Gasteiger partial charge in [0.25, 0.3) is 5.91 Å². The van der Waals surface area contributed by atoms with Crippen molar-refractivity contribution < 1.29 is 9.59 Å². The molecule has 1 heterocycles. The molecule has 0 bridgehead atoms. The highest BCUT2D eigenvalue weighted by molar-refractivity contribution is 8.00. The Bertz CT molecular complexity index is 1080. The van der Waals surface area contributed by atoms with Crippen LogP contribution in [0.1, 0.15) is 41.3 Å². The summed E-state index contributed by atoms with van der Waals surface area (Å²) in [5, 5.41) is 7.21. The van der Waals surface area contributed by atoms with Gasteiger partial charge in [0.2, 0.25) is 5.91 Å². The van der Waals surface area contributed by atoms with E-state index in [2.05, 4.69) is 15.6 Å². The van der Waals surface area contributed by atoms with Gasteiger partial charge in [0.05, 0.1) is 21.4 Å². The van der Waals surface area contributed by atoms with Crippen LogP contribution in [0.4, 0.5) is 0 Å². The molecule has 30 heavy (non-hydrogen) atoms. The number of thioether (sulfide) groups is 1. The molecule has 1 aliphatic carbocycles. The summed E-state index contributed by atoms with van der Waals surface area (Å²) in [7, 11) is 0. The molecule has 0 radical (unpaired) electrons. The molecule has 0 spiro atoms. The van der Waals surface area contributed by atoms with Gasteiger partial charge in [-0.05, 0) is 44.4 Å². The fourth-order valence-electron chi connectivity index (χ4n) is 3.16. The quantitative estimate of drug-likeness (QED) is 0.562. The number of rotatable bonds is 7. The lowest BCUT2D eigenvalue weighted by Gasteiger charge is -2.14. The summed E-state index contributed by atoms with van der Waals surface area (Å²) < 4.78 is 0. The predicted octanol–water partition coefficient (Wildman–Crippen LogP) is 4.23. The van der Waals surface area contributed by atoms with Gasteiger partial charge in [-0.15, -0.1) is 0 Å². The van der Waals surface area contributed by atoms with E-state index in [1.807, 2.05) is 62.4 Å². The zero-order valence-corrected chi connectivity index (χ0v) is 18.0. The minimum Gasteiger partial charge on any atom is -0.351 e. The van der Waals surface area contributed by atoms with Crippen molar-refractivity contribution in [2.24, 2.45) is 0 Å². The van der Waals surface area contributed by atoms with Gasteiger partial charge in [-0.3, -0.25) is 9.59 Å². The summed E-state index contributed by atoms with van der Waals surface area (Å²) >= 11 is 1.37. The Balaban J connectivity index is 1.47. The molecule has 2 amide bonds. The van der Waals surface area contributed by atoms with Crippen molar-refractivity contribution in [2.45, 2.75) is 49.6 Å². The Labute approximate surface area is 180 Å². The zero-order valence-electron chi connectivity index (χ0n) is 17.1. The molecule has 2 aromatic carbocycles. The molecule has 0 aliphatic heterocycles. The van der Waals surface area contributed by atoms with Crippen LogP contribution in [0.15, 0.2) is 59.6 Å². The minimum absolute atomic E-state index is 0.0560. The van der Waals surface area contributed by atoms with Gasteiger partial charge in [-0.1, -0.05) is 59.8 Å². The van der Waals surface area contributed by atoms with Gasteiger partial charge in [0, 0.05) is 18.0 Å². The Morgan fingerprint density at radius 2 is 1.87 bits per heavy atom. The van der Waals surface area contributed by atoms with E-state index in [0.29, 0.717) is 17.1 Å². The van der Waals surface area contributed by atoms with Gasteiger partial charge in [-0.25, -0.2) is 4.98 Å². The third-order valence-electron chi connectivity index (χ3n) is 5.10. The van der Waals surface area contributed by atoms with Crippen molar-refractivity contribution in [3.63, 3.8) is 0 Å². The lowest BCUT2D eigenvalue weighted by molar-refractivity contribution is -0.120. The van der Waals surface area contributed by atoms with Crippen LogP contribution in [0, 0.1) is 6.92 Å². The van der Waals surface area contributed by atoms with Gasteiger partial charge in [0.1, 0.15) is 0 Å². The van der Waals surface area contributed by atoms with Crippen LogP contribution in [0.3, 0.4) is 0 Å². The first kappa shape index (κ1) is 20.4. The Kier molecular flexibility index (Phi) is 6.04. The van der Waals surface area contributed by atoms with E-state index >= 15 is 0 Å². The number of benzene rings is 2. The second-order valence-electron chi connectivity index (χ2n) is 7.74. The molecule has 4 rings (SSSR count). The van der Waals surface area contributed by atoms with E-state index in [-0.39, 0.29) is 23.1 Å². The van der Waals surface area contributed by atoms with Gasteiger partial charge in [-0.2, -0.15) is 0 Å². The van der Waals surface area contributed by atoms with Gasteiger partial charge < -0.3 is 10.6 Å². The Hall–Kier alpha value is -2.86. The maximum absolute atomic E-state index is 12.7. The van der Waals surface area contributed by atoms with Crippen LogP contribution in [0.2, 0.25) is 0 Å². The Morgan fingerprint density at radius 1 is 1.13 bits per heavy atom. The molecule has 1 aliphatic rings. The molecular weight excluding hydrogens is 394 g/mol. The van der Waals surface area contributed by atoms with Crippen LogP contribution in [0.25, 0.3) is 10.9 Å². The third-order valence-corrected chi connectivity index (χ3v) is 6.12. The molecular formula is C24H25N3O2S. The van der Waals surface area contributed by atoms with Crippen molar-refractivity contribution in [3.05, 3.63) is 71.3 Å².